The minimum atomic E-state index is -0.623. The summed E-state index contributed by atoms with van der Waals surface area (Å²) in [5.74, 6) is -1.43. The summed E-state index contributed by atoms with van der Waals surface area (Å²) in [6.45, 7) is 3.87. The molecule has 0 radical (unpaired) electrons. The van der Waals surface area contributed by atoms with Crippen molar-refractivity contribution in [3.05, 3.63) is 35.4 Å². The number of carbonyl (C=O) groups excluding carboxylic acids is 1. The molecule has 0 unspecified atom stereocenters. The van der Waals surface area contributed by atoms with Gasteiger partial charge in [-0.1, -0.05) is 13.8 Å². The van der Waals surface area contributed by atoms with E-state index < -0.39 is 23.0 Å². The van der Waals surface area contributed by atoms with Gasteiger partial charge >= 0.3 is 0 Å². The van der Waals surface area contributed by atoms with Gasteiger partial charge in [-0.25, -0.2) is 8.78 Å². The van der Waals surface area contributed by atoms with Crippen LogP contribution < -0.4 is 11.1 Å². The van der Waals surface area contributed by atoms with Gasteiger partial charge in [0.25, 0.3) is 0 Å². The lowest BCUT2D eigenvalue weighted by Gasteiger charge is -2.26. The van der Waals surface area contributed by atoms with Gasteiger partial charge in [0.15, 0.2) is 0 Å². The molecule has 0 saturated carbocycles. The Kier molecular flexibility index (Phi) is 4.17. The lowest BCUT2D eigenvalue weighted by Crippen LogP contribution is -2.38. The quantitative estimate of drug-likeness (QED) is 0.818. The Morgan fingerprint density at radius 1 is 1.41 bits per heavy atom. The molecule has 3 nitrogen and oxygen atoms in total. The van der Waals surface area contributed by atoms with E-state index in [2.05, 4.69) is 5.32 Å². The molecule has 0 saturated heterocycles. The highest BCUT2D eigenvalue weighted by Gasteiger charge is 2.24. The van der Waals surface area contributed by atoms with Crippen LogP contribution in [-0.2, 0) is 10.2 Å². The minimum Gasteiger partial charge on any atom is -0.369 e. The summed E-state index contributed by atoms with van der Waals surface area (Å²) in [7, 11) is 0. The molecule has 1 rings (SSSR count). The Morgan fingerprint density at radius 3 is 2.65 bits per heavy atom. The van der Waals surface area contributed by atoms with Crippen LogP contribution in [0.5, 0.6) is 0 Å². The Labute approximate surface area is 99.0 Å². The van der Waals surface area contributed by atoms with Crippen LogP contribution in [0.2, 0.25) is 0 Å². The Balaban J connectivity index is 2.81. The number of halogens is 2. The van der Waals surface area contributed by atoms with Crippen LogP contribution in [0.25, 0.3) is 0 Å². The number of nitrogens with one attached hydrogen (secondary N) is 1. The maximum absolute atomic E-state index is 13.6. The van der Waals surface area contributed by atoms with Crippen molar-refractivity contribution in [2.24, 2.45) is 5.73 Å². The van der Waals surface area contributed by atoms with Crippen molar-refractivity contribution < 1.29 is 13.6 Å². The second-order valence-electron chi connectivity index (χ2n) is 4.58. The highest BCUT2D eigenvalue weighted by atomic mass is 19.1. The molecule has 1 aromatic rings. The number of benzene rings is 1. The Hall–Kier alpha value is -1.49. The van der Waals surface area contributed by atoms with E-state index in [1.54, 1.807) is 13.8 Å². The molecule has 0 aliphatic rings. The van der Waals surface area contributed by atoms with Crippen LogP contribution in [0, 0.1) is 11.6 Å². The number of hydrogen-bond donors (Lipinski definition) is 2. The second kappa shape index (κ2) is 5.23. The van der Waals surface area contributed by atoms with E-state index in [9.17, 15) is 13.6 Å². The van der Waals surface area contributed by atoms with Crippen molar-refractivity contribution in [3.8, 4) is 0 Å². The van der Waals surface area contributed by atoms with E-state index in [4.69, 9.17) is 5.73 Å². The number of carbonyl (C=O) groups is 1. The van der Waals surface area contributed by atoms with Crippen LogP contribution in [0.4, 0.5) is 8.78 Å². The van der Waals surface area contributed by atoms with Crippen molar-refractivity contribution in [2.45, 2.75) is 19.3 Å². The van der Waals surface area contributed by atoms with Gasteiger partial charge < -0.3 is 11.1 Å². The zero-order valence-corrected chi connectivity index (χ0v) is 9.89. The van der Waals surface area contributed by atoms with Crippen LogP contribution >= 0.6 is 0 Å². The van der Waals surface area contributed by atoms with E-state index >= 15 is 0 Å². The fourth-order valence-corrected chi connectivity index (χ4v) is 1.61. The molecule has 0 aromatic heterocycles. The Morgan fingerprint density at radius 2 is 2.06 bits per heavy atom. The van der Waals surface area contributed by atoms with E-state index in [0.717, 1.165) is 12.1 Å². The van der Waals surface area contributed by atoms with Crippen molar-refractivity contribution in [3.63, 3.8) is 0 Å². The van der Waals surface area contributed by atoms with Crippen LogP contribution in [0.15, 0.2) is 18.2 Å². The van der Waals surface area contributed by atoms with Gasteiger partial charge in [-0.3, -0.25) is 4.79 Å². The van der Waals surface area contributed by atoms with Crippen molar-refractivity contribution >= 4 is 5.91 Å². The van der Waals surface area contributed by atoms with Gasteiger partial charge in [0.05, 0.1) is 6.54 Å². The topological polar surface area (TPSA) is 55.1 Å². The first-order valence-corrected chi connectivity index (χ1v) is 5.27. The van der Waals surface area contributed by atoms with Gasteiger partial charge in [0, 0.05) is 12.0 Å². The first-order valence-electron chi connectivity index (χ1n) is 5.27. The van der Waals surface area contributed by atoms with Gasteiger partial charge in [-0.15, -0.1) is 0 Å². The predicted octanol–water partition coefficient (Wildman–Crippen LogP) is 1.32. The molecule has 3 N–H and O–H groups in total. The molecule has 1 amide bonds. The van der Waals surface area contributed by atoms with Gasteiger partial charge in [0.1, 0.15) is 11.6 Å². The fourth-order valence-electron chi connectivity index (χ4n) is 1.61. The first kappa shape index (κ1) is 13.6. The molecule has 0 heterocycles. The third-order valence-corrected chi connectivity index (χ3v) is 2.52. The smallest absolute Gasteiger partial charge is 0.231 e. The highest BCUT2D eigenvalue weighted by molar-refractivity contribution is 5.75. The molecular formula is C12H16F2N2O. The maximum Gasteiger partial charge on any atom is 0.231 e. The SMILES string of the molecule is CC(C)(CNCC(N)=O)c1cc(F)ccc1F. The number of rotatable bonds is 5. The lowest BCUT2D eigenvalue weighted by molar-refractivity contribution is -0.117. The molecule has 0 aliphatic heterocycles. The fraction of sp³-hybridized carbons (Fsp3) is 0.417. The normalized spacial score (nSPS) is 11.5. The number of hydrogen-bond acceptors (Lipinski definition) is 2. The third-order valence-electron chi connectivity index (χ3n) is 2.52. The van der Waals surface area contributed by atoms with Crippen molar-refractivity contribution in [2.75, 3.05) is 13.1 Å². The standard InChI is InChI=1S/C12H16F2N2O/c1-12(2,7-16-6-11(15)17)9-5-8(13)3-4-10(9)14/h3-5,16H,6-7H2,1-2H3,(H2,15,17). The van der Waals surface area contributed by atoms with E-state index in [-0.39, 0.29) is 12.1 Å². The molecule has 0 bridgehead atoms. The summed E-state index contributed by atoms with van der Waals surface area (Å²) >= 11 is 0. The van der Waals surface area contributed by atoms with E-state index in [1.165, 1.54) is 6.07 Å². The minimum absolute atomic E-state index is 0.0143. The summed E-state index contributed by atoms with van der Waals surface area (Å²) in [5.41, 5.74) is 4.63. The van der Waals surface area contributed by atoms with Crippen LogP contribution in [0.3, 0.4) is 0 Å². The van der Waals surface area contributed by atoms with Gasteiger partial charge in [-0.2, -0.15) is 0 Å². The predicted molar refractivity (Wildman–Crippen MR) is 61.4 cm³/mol. The third kappa shape index (κ3) is 3.78. The second-order valence-corrected chi connectivity index (χ2v) is 4.58. The number of nitrogens with two attached hydrogens (primary N) is 1. The number of amides is 1. The molecule has 0 spiro atoms. The molecule has 0 aliphatic carbocycles. The largest absolute Gasteiger partial charge is 0.369 e. The van der Waals surface area contributed by atoms with E-state index in [1.807, 2.05) is 0 Å². The molecule has 5 heteroatoms. The molecule has 0 atom stereocenters. The van der Waals surface area contributed by atoms with E-state index in [0.29, 0.717) is 6.54 Å². The Bertz CT molecular complexity index is 419. The summed E-state index contributed by atoms with van der Waals surface area (Å²) in [6, 6.07) is 3.34. The summed E-state index contributed by atoms with van der Waals surface area (Å²) in [6.07, 6.45) is 0. The average molecular weight is 242 g/mol. The summed E-state index contributed by atoms with van der Waals surface area (Å²) in [5, 5.41) is 2.81. The summed E-state index contributed by atoms with van der Waals surface area (Å²) < 4.78 is 26.6. The van der Waals surface area contributed by atoms with Crippen LogP contribution in [0.1, 0.15) is 19.4 Å². The maximum atomic E-state index is 13.6. The summed E-state index contributed by atoms with van der Waals surface area (Å²) in [4.78, 5) is 10.6. The lowest BCUT2D eigenvalue weighted by atomic mass is 9.84. The zero-order chi connectivity index (χ0) is 13.1. The molecule has 94 valence electrons. The van der Waals surface area contributed by atoms with Crippen LogP contribution in [-0.4, -0.2) is 19.0 Å². The molecule has 1 aromatic carbocycles. The van der Waals surface area contributed by atoms with Gasteiger partial charge in [-0.05, 0) is 23.8 Å². The molecule has 0 fully saturated rings. The highest BCUT2D eigenvalue weighted by Crippen LogP contribution is 2.25. The van der Waals surface area contributed by atoms with Gasteiger partial charge in [0.2, 0.25) is 5.91 Å². The first-order chi connectivity index (χ1) is 7.83. The zero-order valence-electron chi connectivity index (χ0n) is 9.89. The average Bonchev–Trinajstić information content (AvgIpc) is 2.20. The molecule has 17 heavy (non-hydrogen) atoms. The number of primary amides is 1. The van der Waals surface area contributed by atoms with Crippen molar-refractivity contribution in [1.82, 2.24) is 5.32 Å². The van der Waals surface area contributed by atoms with Crippen molar-refractivity contribution in [1.29, 1.82) is 0 Å². The molecular weight excluding hydrogens is 226 g/mol. The monoisotopic (exact) mass is 242 g/mol.